The Labute approximate surface area is 171 Å². The van der Waals surface area contributed by atoms with E-state index in [2.05, 4.69) is 9.72 Å². The van der Waals surface area contributed by atoms with Crippen LogP contribution in [-0.2, 0) is 25.9 Å². The van der Waals surface area contributed by atoms with Gasteiger partial charge in [-0.1, -0.05) is 12.1 Å². The first-order valence-electron chi connectivity index (χ1n) is 9.04. The van der Waals surface area contributed by atoms with Crippen LogP contribution < -0.4 is 0 Å². The van der Waals surface area contributed by atoms with Crippen LogP contribution in [0.25, 0.3) is 11.0 Å². The number of carbonyl (C=O) groups excluding carboxylic acids is 1. The van der Waals surface area contributed by atoms with Gasteiger partial charge in [0.15, 0.2) is 9.84 Å². The smallest absolute Gasteiger partial charge is 0.343 e. The number of pyridine rings is 1. The third kappa shape index (κ3) is 4.49. The maximum absolute atomic E-state index is 14.5. The number of rotatable bonds is 7. The van der Waals surface area contributed by atoms with Crippen LogP contribution in [0.15, 0.2) is 47.5 Å². The van der Waals surface area contributed by atoms with Gasteiger partial charge in [-0.05, 0) is 36.8 Å². The van der Waals surface area contributed by atoms with Crippen LogP contribution in [0.2, 0.25) is 0 Å². The molecule has 7 nitrogen and oxygen atoms in total. The highest BCUT2D eigenvalue weighted by atomic mass is 32.2. The van der Waals surface area contributed by atoms with Crippen molar-refractivity contribution in [1.82, 2.24) is 9.55 Å². The fraction of sp³-hybridized carbons (Fsp3) is 0.300. The Hall–Kier alpha value is -2.85. The molecule has 0 radical (unpaired) electrons. The first-order chi connectivity index (χ1) is 14.1. The number of carbonyl (C=O) groups is 1. The molecule has 2 atom stereocenters. The van der Waals surface area contributed by atoms with Crippen LogP contribution in [0, 0.1) is 5.82 Å². The number of aliphatic hydroxyl groups is 1. The average molecular weight is 438 g/mol. The summed E-state index contributed by atoms with van der Waals surface area (Å²) in [7, 11) is -3.54. The Morgan fingerprint density at radius 1 is 1.27 bits per heavy atom. The highest BCUT2D eigenvalue weighted by molar-refractivity contribution is 7.90. The zero-order valence-corrected chi connectivity index (χ0v) is 17.1. The standard InChI is InChI=1S/C20H20F2N2O5S/c1-3-29-20(26)17(22)18(25)16-9-13-8-15(30(2,27)28)10-23-19(13)24(16)11-12-4-6-14(21)7-5-12/h4-10,17-18,25H,3,11H2,1-2H3. The number of aromatic nitrogens is 2. The minimum Gasteiger partial charge on any atom is -0.464 e. The number of ether oxygens (including phenoxy) is 1. The van der Waals surface area contributed by atoms with Gasteiger partial charge in [0, 0.05) is 24.4 Å². The lowest BCUT2D eigenvalue weighted by Crippen LogP contribution is -2.27. The second kappa shape index (κ2) is 8.49. The molecule has 0 aliphatic carbocycles. The maximum Gasteiger partial charge on any atom is 0.343 e. The summed E-state index contributed by atoms with van der Waals surface area (Å²) in [5.74, 6) is -1.65. The number of aliphatic hydroxyl groups excluding tert-OH is 1. The van der Waals surface area contributed by atoms with E-state index in [9.17, 15) is 27.1 Å². The van der Waals surface area contributed by atoms with E-state index in [4.69, 9.17) is 0 Å². The molecule has 0 saturated carbocycles. The van der Waals surface area contributed by atoms with Crippen LogP contribution in [0.5, 0.6) is 0 Å². The minimum atomic E-state index is -3.54. The van der Waals surface area contributed by atoms with Gasteiger partial charge in [-0.25, -0.2) is 27.0 Å². The summed E-state index contributed by atoms with van der Waals surface area (Å²) in [6.07, 6.45) is -2.04. The van der Waals surface area contributed by atoms with Gasteiger partial charge < -0.3 is 14.4 Å². The fourth-order valence-electron chi connectivity index (χ4n) is 3.03. The van der Waals surface area contributed by atoms with Crippen molar-refractivity contribution in [1.29, 1.82) is 0 Å². The van der Waals surface area contributed by atoms with Crippen molar-refractivity contribution >= 4 is 26.8 Å². The topological polar surface area (TPSA) is 98.5 Å². The predicted octanol–water partition coefficient (Wildman–Crippen LogP) is 2.56. The van der Waals surface area contributed by atoms with Crippen LogP contribution >= 0.6 is 0 Å². The number of alkyl halides is 1. The molecule has 2 aromatic heterocycles. The van der Waals surface area contributed by atoms with Gasteiger partial charge in [-0.2, -0.15) is 0 Å². The molecule has 3 aromatic rings. The lowest BCUT2D eigenvalue weighted by atomic mass is 10.1. The number of nitrogens with zero attached hydrogens (tertiary/aromatic N) is 2. The Balaban J connectivity index is 2.12. The van der Waals surface area contributed by atoms with Crippen LogP contribution in [0.4, 0.5) is 8.78 Å². The molecule has 1 aromatic carbocycles. The molecule has 3 rings (SSSR count). The van der Waals surface area contributed by atoms with E-state index in [1.54, 1.807) is 0 Å². The summed E-state index contributed by atoms with van der Waals surface area (Å²) in [6, 6.07) is 8.26. The lowest BCUT2D eigenvalue weighted by molar-refractivity contribution is -0.153. The lowest BCUT2D eigenvalue weighted by Gasteiger charge is -2.18. The minimum absolute atomic E-state index is 0.00743. The van der Waals surface area contributed by atoms with Gasteiger partial charge in [0.05, 0.1) is 17.2 Å². The summed E-state index contributed by atoms with van der Waals surface area (Å²) >= 11 is 0. The Bertz CT molecular complexity index is 1180. The molecule has 160 valence electrons. The number of hydrogen-bond donors (Lipinski definition) is 1. The second-order valence-electron chi connectivity index (χ2n) is 6.74. The molecular formula is C20H20F2N2O5S. The molecule has 0 saturated heterocycles. The third-order valence-corrected chi connectivity index (χ3v) is 5.59. The summed E-state index contributed by atoms with van der Waals surface area (Å²) in [6.45, 7) is 1.54. The van der Waals surface area contributed by atoms with Crippen LogP contribution in [0.3, 0.4) is 0 Å². The quantitative estimate of drug-likeness (QED) is 0.570. The van der Waals surface area contributed by atoms with E-state index in [1.165, 1.54) is 47.9 Å². The highest BCUT2D eigenvalue weighted by Crippen LogP contribution is 2.29. The number of hydrogen-bond acceptors (Lipinski definition) is 6. The number of halogens is 2. The van der Waals surface area contributed by atoms with Gasteiger partial charge in [-0.15, -0.1) is 0 Å². The summed E-state index contributed by atoms with van der Waals surface area (Å²) < 4.78 is 57.5. The fourth-order valence-corrected chi connectivity index (χ4v) is 3.62. The molecule has 0 amide bonds. The summed E-state index contributed by atoms with van der Waals surface area (Å²) in [5, 5.41) is 10.9. The SMILES string of the molecule is CCOC(=O)C(F)C(O)c1cc2cc(S(C)(=O)=O)cnc2n1Cc1ccc(F)cc1. The number of esters is 1. The summed E-state index contributed by atoms with van der Waals surface area (Å²) in [4.78, 5) is 15.9. The van der Waals surface area contributed by atoms with E-state index < -0.39 is 33.9 Å². The van der Waals surface area contributed by atoms with Crippen molar-refractivity contribution < 1.29 is 31.8 Å². The highest BCUT2D eigenvalue weighted by Gasteiger charge is 2.32. The van der Waals surface area contributed by atoms with Gasteiger partial charge in [0.2, 0.25) is 6.17 Å². The molecule has 0 fully saturated rings. The number of fused-ring (bicyclic) bond motifs is 1. The number of sulfone groups is 1. The Kier molecular flexibility index (Phi) is 6.18. The second-order valence-corrected chi connectivity index (χ2v) is 8.75. The third-order valence-electron chi connectivity index (χ3n) is 4.51. The van der Waals surface area contributed by atoms with Crippen molar-refractivity contribution in [2.45, 2.75) is 30.6 Å². The van der Waals surface area contributed by atoms with E-state index in [-0.39, 0.29) is 29.4 Å². The molecule has 1 N–H and O–H groups in total. The first-order valence-corrected chi connectivity index (χ1v) is 10.9. The molecule has 0 spiro atoms. The predicted molar refractivity (Wildman–Crippen MR) is 105 cm³/mol. The number of benzene rings is 1. The monoisotopic (exact) mass is 438 g/mol. The van der Waals surface area contributed by atoms with E-state index in [1.807, 2.05) is 0 Å². The van der Waals surface area contributed by atoms with Crippen molar-refractivity contribution in [2.24, 2.45) is 0 Å². The van der Waals surface area contributed by atoms with Gasteiger partial charge in [0.25, 0.3) is 0 Å². The van der Waals surface area contributed by atoms with Crippen molar-refractivity contribution in [3.05, 3.63) is 59.7 Å². The molecule has 2 unspecified atom stereocenters. The molecule has 30 heavy (non-hydrogen) atoms. The van der Waals surface area contributed by atoms with E-state index >= 15 is 0 Å². The van der Waals surface area contributed by atoms with Gasteiger partial charge >= 0.3 is 5.97 Å². The van der Waals surface area contributed by atoms with E-state index in [0.717, 1.165) is 12.5 Å². The molecule has 0 aliphatic rings. The first kappa shape index (κ1) is 21.8. The van der Waals surface area contributed by atoms with Crippen molar-refractivity contribution in [3.8, 4) is 0 Å². The zero-order chi connectivity index (χ0) is 22.1. The average Bonchev–Trinajstić information content (AvgIpc) is 3.05. The van der Waals surface area contributed by atoms with Crippen molar-refractivity contribution in [3.63, 3.8) is 0 Å². The molecule has 0 bridgehead atoms. The molecule has 2 heterocycles. The summed E-state index contributed by atoms with van der Waals surface area (Å²) in [5.41, 5.74) is 0.910. The molecule has 0 aliphatic heterocycles. The molecule has 10 heteroatoms. The van der Waals surface area contributed by atoms with Crippen LogP contribution in [-0.4, -0.2) is 48.1 Å². The van der Waals surface area contributed by atoms with Gasteiger partial charge in [-0.3, -0.25) is 0 Å². The maximum atomic E-state index is 14.5. The zero-order valence-electron chi connectivity index (χ0n) is 16.2. The Morgan fingerprint density at radius 3 is 2.53 bits per heavy atom. The Morgan fingerprint density at radius 2 is 1.93 bits per heavy atom. The van der Waals surface area contributed by atoms with Crippen molar-refractivity contribution in [2.75, 3.05) is 12.9 Å². The van der Waals surface area contributed by atoms with Crippen LogP contribution in [0.1, 0.15) is 24.3 Å². The van der Waals surface area contributed by atoms with E-state index in [0.29, 0.717) is 10.9 Å². The largest absolute Gasteiger partial charge is 0.464 e. The van der Waals surface area contributed by atoms with Gasteiger partial charge in [0.1, 0.15) is 17.6 Å². The molecular weight excluding hydrogens is 418 g/mol. The normalized spacial score (nSPS) is 13.9.